The zero-order chi connectivity index (χ0) is 13.2. The molecular formula is C15H27ClN2O2. The summed E-state index contributed by atoms with van der Waals surface area (Å²) in [5.41, 5.74) is 6.20. The van der Waals surface area contributed by atoms with E-state index in [1.54, 1.807) is 0 Å². The van der Waals surface area contributed by atoms with Crippen molar-refractivity contribution in [1.29, 1.82) is 0 Å². The van der Waals surface area contributed by atoms with Gasteiger partial charge in [0.05, 0.1) is 5.92 Å². The number of ether oxygens (including phenoxy) is 1. The first-order valence-electron chi connectivity index (χ1n) is 7.86. The molecule has 3 N–H and O–H groups in total. The predicted molar refractivity (Wildman–Crippen MR) is 80.7 cm³/mol. The molecule has 0 aromatic rings. The van der Waals surface area contributed by atoms with Gasteiger partial charge in [0.25, 0.3) is 0 Å². The maximum atomic E-state index is 12.3. The normalized spacial score (nSPS) is 36.6. The molecule has 1 aliphatic heterocycles. The van der Waals surface area contributed by atoms with Crippen molar-refractivity contribution in [2.24, 2.45) is 29.4 Å². The van der Waals surface area contributed by atoms with Gasteiger partial charge in [-0.05, 0) is 56.3 Å². The second-order valence-corrected chi connectivity index (χ2v) is 6.57. The number of nitrogens with one attached hydrogen (secondary N) is 1. The largest absolute Gasteiger partial charge is 0.381 e. The van der Waals surface area contributed by atoms with E-state index in [4.69, 9.17) is 10.5 Å². The third-order valence-electron chi connectivity index (χ3n) is 5.48. The highest BCUT2D eigenvalue weighted by molar-refractivity contribution is 5.85. The lowest BCUT2D eigenvalue weighted by Crippen LogP contribution is -2.45. The molecule has 2 saturated carbocycles. The van der Waals surface area contributed by atoms with Crippen LogP contribution in [0.15, 0.2) is 0 Å². The third kappa shape index (κ3) is 3.29. The Bertz CT molecular complexity index is 332. The fourth-order valence-electron chi connectivity index (χ4n) is 4.28. The molecule has 0 spiro atoms. The van der Waals surface area contributed by atoms with Crippen molar-refractivity contribution in [2.75, 3.05) is 19.8 Å². The van der Waals surface area contributed by atoms with Crippen LogP contribution in [0.4, 0.5) is 0 Å². The Labute approximate surface area is 127 Å². The number of amides is 1. The van der Waals surface area contributed by atoms with E-state index in [1.165, 1.54) is 19.3 Å². The number of carbonyl (C=O) groups excluding carboxylic acids is 1. The van der Waals surface area contributed by atoms with Crippen molar-refractivity contribution in [3.63, 3.8) is 0 Å². The Hall–Kier alpha value is -0.320. The summed E-state index contributed by atoms with van der Waals surface area (Å²) in [6.07, 6.45) is 6.99. The van der Waals surface area contributed by atoms with Crippen LogP contribution in [0.3, 0.4) is 0 Å². The van der Waals surface area contributed by atoms with Gasteiger partial charge in [0.1, 0.15) is 0 Å². The first-order valence-corrected chi connectivity index (χ1v) is 7.86. The van der Waals surface area contributed by atoms with Crippen LogP contribution in [0.25, 0.3) is 0 Å². The third-order valence-corrected chi connectivity index (χ3v) is 5.48. The minimum absolute atomic E-state index is 0. The molecular weight excluding hydrogens is 276 g/mol. The van der Waals surface area contributed by atoms with E-state index in [0.717, 1.165) is 44.9 Å². The number of fused-ring (bicyclic) bond motifs is 2. The highest BCUT2D eigenvalue weighted by Crippen LogP contribution is 2.47. The Balaban J connectivity index is 0.00000147. The first-order chi connectivity index (χ1) is 9.25. The standard InChI is InChI=1S/C15H26N2O2.ClH/c16-14-12-2-1-11(9-12)13(14)15(18)17-6-3-10-4-7-19-8-5-10;/h10-14H,1-9,16H2,(H,17,18);1H. The SMILES string of the molecule is Cl.NC1C2CCC(C2)C1C(=O)NCCC1CCOCC1. The highest BCUT2D eigenvalue weighted by atomic mass is 35.5. The number of carbonyl (C=O) groups is 1. The van der Waals surface area contributed by atoms with Crippen LogP contribution in [0.5, 0.6) is 0 Å². The van der Waals surface area contributed by atoms with Gasteiger partial charge in [-0.25, -0.2) is 0 Å². The summed E-state index contributed by atoms with van der Waals surface area (Å²) in [5, 5.41) is 3.13. The minimum atomic E-state index is 0. The average molecular weight is 303 g/mol. The molecule has 1 saturated heterocycles. The molecule has 3 fully saturated rings. The van der Waals surface area contributed by atoms with Crippen LogP contribution in [0, 0.1) is 23.7 Å². The van der Waals surface area contributed by atoms with E-state index in [9.17, 15) is 4.79 Å². The zero-order valence-electron chi connectivity index (χ0n) is 12.1. The first kappa shape index (κ1) is 16.1. The van der Waals surface area contributed by atoms with E-state index >= 15 is 0 Å². The summed E-state index contributed by atoms with van der Waals surface area (Å²) in [7, 11) is 0. The van der Waals surface area contributed by atoms with Crippen LogP contribution in [-0.4, -0.2) is 31.7 Å². The molecule has 20 heavy (non-hydrogen) atoms. The maximum Gasteiger partial charge on any atom is 0.224 e. The molecule has 0 radical (unpaired) electrons. The predicted octanol–water partition coefficient (Wildman–Crippen LogP) is 1.71. The summed E-state index contributed by atoms with van der Waals surface area (Å²) >= 11 is 0. The fourth-order valence-corrected chi connectivity index (χ4v) is 4.28. The lowest BCUT2D eigenvalue weighted by molar-refractivity contribution is -0.127. The minimum Gasteiger partial charge on any atom is -0.381 e. The number of nitrogens with two attached hydrogens (primary N) is 1. The van der Waals surface area contributed by atoms with Crippen molar-refractivity contribution < 1.29 is 9.53 Å². The lowest BCUT2D eigenvalue weighted by Gasteiger charge is -2.27. The van der Waals surface area contributed by atoms with Crippen LogP contribution in [-0.2, 0) is 9.53 Å². The van der Waals surface area contributed by atoms with Crippen molar-refractivity contribution in [1.82, 2.24) is 5.32 Å². The molecule has 0 aromatic heterocycles. The van der Waals surface area contributed by atoms with Crippen molar-refractivity contribution in [3.05, 3.63) is 0 Å². The molecule has 1 amide bonds. The molecule has 2 aliphatic carbocycles. The Morgan fingerprint density at radius 2 is 1.85 bits per heavy atom. The van der Waals surface area contributed by atoms with E-state index in [-0.39, 0.29) is 30.3 Å². The van der Waals surface area contributed by atoms with Gasteiger partial charge in [-0.2, -0.15) is 0 Å². The molecule has 1 heterocycles. The number of rotatable bonds is 4. The van der Waals surface area contributed by atoms with Crippen LogP contribution in [0.2, 0.25) is 0 Å². The average Bonchev–Trinajstić information content (AvgIpc) is 3.00. The molecule has 4 nitrogen and oxygen atoms in total. The number of hydrogen-bond donors (Lipinski definition) is 2. The molecule has 5 heteroatoms. The van der Waals surface area contributed by atoms with E-state index in [2.05, 4.69) is 5.32 Å². The summed E-state index contributed by atoms with van der Waals surface area (Å²) in [6, 6.07) is 0.113. The summed E-state index contributed by atoms with van der Waals surface area (Å²) in [4.78, 5) is 12.3. The van der Waals surface area contributed by atoms with Crippen LogP contribution in [0.1, 0.15) is 38.5 Å². The molecule has 3 aliphatic rings. The zero-order valence-corrected chi connectivity index (χ0v) is 12.9. The van der Waals surface area contributed by atoms with Crippen LogP contribution >= 0.6 is 12.4 Å². The second-order valence-electron chi connectivity index (χ2n) is 6.57. The molecule has 4 atom stereocenters. The summed E-state index contributed by atoms with van der Waals surface area (Å²) in [5.74, 6) is 2.20. The molecule has 116 valence electrons. The molecule has 2 bridgehead atoms. The van der Waals surface area contributed by atoms with Gasteiger partial charge in [0.15, 0.2) is 0 Å². The Morgan fingerprint density at radius 1 is 1.15 bits per heavy atom. The Kier molecular flexibility index (Phi) is 5.70. The van der Waals surface area contributed by atoms with Crippen LogP contribution < -0.4 is 11.1 Å². The number of hydrogen-bond acceptors (Lipinski definition) is 3. The molecule has 4 unspecified atom stereocenters. The van der Waals surface area contributed by atoms with Gasteiger partial charge < -0.3 is 15.8 Å². The van der Waals surface area contributed by atoms with E-state index < -0.39 is 0 Å². The van der Waals surface area contributed by atoms with Crippen molar-refractivity contribution in [2.45, 2.75) is 44.6 Å². The highest BCUT2D eigenvalue weighted by Gasteiger charge is 2.48. The molecule has 3 rings (SSSR count). The van der Waals surface area contributed by atoms with Crippen molar-refractivity contribution >= 4 is 18.3 Å². The van der Waals surface area contributed by atoms with Gasteiger partial charge in [0.2, 0.25) is 5.91 Å². The smallest absolute Gasteiger partial charge is 0.224 e. The second kappa shape index (κ2) is 7.10. The summed E-state index contributed by atoms with van der Waals surface area (Å²) < 4.78 is 5.35. The fraction of sp³-hybridized carbons (Fsp3) is 0.933. The van der Waals surface area contributed by atoms with Gasteiger partial charge in [-0.1, -0.05) is 0 Å². The summed E-state index contributed by atoms with van der Waals surface area (Å²) in [6.45, 7) is 2.58. The molecule has 0 aromatic carbocycles. The van der Waals surface area contributed by atoms with Gasteiger partial charge in [-0.3, -0.25) is 4.79 Å². The quantitative estimate of drug-likeness (QED) is 0.831. The number of halogens is 1. The van der Waals surface area contributed by atoms with Gasteiger partial charge in [0, 0.05) is 25.8 Å². The Morgan fingerprint density at radius 3 is 2.50 bits per heavy atom. The van der Waals surface area contributed by atoms with Gasteiger partial charge >= 0.3 is 0 Å². The van der Waals surface area contributed by atoms with E-state index in [0.29, 0.717) is 11.8 Å². The van der Waals surface area contributed by atoms with Gasteiger partial charge in [-0.15, -0.1) is 12.4 Å². The topological polar surface area (TPSA) is 64.4 Å². The maximum absolute atomic E-state index is 12.3. The van der Waals surface area contributed by atoms with E-state index in [1.807, 2.05) is 0 Å². The lowest BCUT2D eigenvalue weighted by atomic mass is 9.84. The van der Waals surface area contributed by atoms with Crippen molar-refractivity contribution in [3.8, 4) is 0 Å². The monoisotopic (exact) mass is 302 g/mol.